The van der Waals surface area contributed by atoms with Crippen LogP contribution in [0.25, 0.3) is 22.4 Å². The maximum atomic E-state index is 13.5. The molecular formula is C24H18N4O5. The van der Waals surface area contributed by atoms with Crippen LogP contribution in [0.15, 0.2) is 82.4 Å². The molecule has 0 amide bonds. The van der Waals surface area contributed by atoms with Crippen LogP contribution in [-0.2, 0) is 11.8 Å². The van der Waals surface area contributed by atoms with Crippen molar-refractivity contribution in [2.45, 2.75) is 0 Å². The highest BCUT2D eigenvalue weighted by Gasteiger charge is 2.26. The van der Waals surface area contributed by atoms with Gasteiger partial charge in [-0.05, 0) is 24.3 Å². The third kappa shape index (κ3) is 2.93. The molecular weight excluding hydrogens is 424 g/mol. The Morgan fingerprint density at radius 3 is 2.15 bits per heavy atom. The molecule has 164 valence electrons. The van der Waals surface area contributed by atoms with Crippen LogP contribution in [0.3, 0.4) is 0 Å². The lowest BCUT2D eigenvalue weighted by Crippen LogP contribution is -2.31. The third-order valence-electron chi connectivity index (χ3n) is 5.57. The van der Waals surface area contributed by atoms with Gasteiger partial charge in [-0.3, -0.25) is 23.5 Å². The summed E-state index contributed by atoms with van der Waals surface area (Å²) in [6.07, 6.45) is 0. The number of hydrogen-bond acceptors (Lipinski definition) is 5. The van der Waals surface area contributed by atoms with Gasteiger partial charge in [-0.2, -0.15) is 0 Å². The minimum absolute atomic E-state index is 0.0923. The summed E-state index contributed by atoms with van der Waals surface area (Å²) >= 11 is 0. The van der Waals surface area contributed by atoms with Gasteiger partial charge >= 0.3 is 5.97 Å². The fourth-order valence-corrected chi connectivity index (χ4v) is 4.08. The first kappa shape index (κ1) is 20.3. The molecule has 0 aliphatic rings. The van der Waals surface area contributed by atoms with Crippen molar-refractivity contribution in [1.82, 2.24) is 18.3 Å². The summed E-state index contributed by atoms with van der Waals surface area (Å²) in [7, 11) is 2.87. The Kier molecular flexibility index (Phi) is 4.59. The molecule has 5 rings (SSSR count). The van der Waals surface area contributed by atoms with Gasteiger partial charge in [-0.1, -0.05) is 36.4 Å². The number of para-hydroxylation sites is 1. The van der Waals surface area contributed by atoms with E-state index in [1.165, 1.54) is 16.2 Å². The molecule has 0 aliphatic carbocycles. The standard InChI is InChI=1S/C24H18N4O5/c1-25-17-13-19-26(21(17)23(31)28(25)16-11-7-4-8-12-16)18(24(32)33-2)14-20(29)27(19)22(30)15-9-5-3-6-10-15/h3-14H,1-2H3. The number of hydrogen-bond donors (Lipinski definition) is 0. The zero-order valence-corrected chi connectivity index (χ0v) is 17.8. The molecule has 9 nitrogen and oxygen atoms in total. The number of benzene rings is 2. The normalized spacial score (nSPS) is 11.2. The Hall–Kier alpha value is -4.66. The van der Waals surface area contributed by atoms with Crippen LogP contribution in [0.4, 0.5) is 0 Å². The predicted molar refractivity (Wildman–Crippen MR) is 121 cm³/mol. The van der Waals surface area contributed by atoms with E-state index < -0.39 is 23.0 Å². The first-order chi connectivity index (χ1) is 15.9. The molecule has 0 atom stereocenters. The largest absolute Gasteiger partial charge is 0.464 e. The first-order valence-corrected chi connectivity index (χ1v) is 10.1. The summed E-state index contributed by atoms with van der Waals surface area (Å²) in [4.78, 5) is 52.3. The fraction of sp³-hybridized carbons (Fsp3) is 0.0833. The molecule has 5 aromatic rings. The van der Waals surface area contributed by atoms with Gasteiger partial charge in [-0.25, -0.2) is 14.0 Å². The average molecular weight is 442 g/mol. The number of carbonyl (C=O) groups excluding carboxylic acids is 2. The monoisotopic (exact) mass is 442 g/mol. The highest BCUT2D eigenvalue weighted by Crippen LogP contribution is 2.22. The van der Waals surface area contributed by atoms with E-state index in [2.05, 4.69) is 0 Å². The van der Waals surface area contributed by atoms with E-state index in [4.69, 9.17) is 4.74 Å². The molecule has 0 aliphatic heterocycles. The minimum atomic E-state index is -0.802. The van der Waals surface area contributed by atoms with Crippen molar-refractivity contribution >= 4 is 28.6 Å². The van der Waals surface area contributed by atoms with E-state index >= 15 is 0 Å². The maximum Gasteiger partial charge on any atom is 0.355 e. The second-order valence-electron chi connectivity index (χ2n) is 7.41. The number of aryl methyl sites for hydroxylation is 1. The zero-order valence-electron chi connectivity index (χ0n) is 17.8. The fourth-order valence-electron chi connectivity index (χ4n) is 4.08. The lowest BCUT2D eigenvalue weighted by Gasteiger charge is -2.11. The van der Waals surface area contributed by atoms with Crippen molar-refractivity contribution in [3.05, 3.63) is 105 Å². The number of ether oxygens (including phenoxy) is 1. The topological polar surface area (TPSA) is 96.7 Å². The number of fused-ring (bicyclic) bond motifs is 3. The summed E-state index contributed by atoms with van der Waals surface area (Å²) in [5.41, 5.74) is 0.328. The van der Waals surface area contributed by atoms with Gasteiger partial charge in [0.25, 0.3) is 17.0 Å². The molecule has 2 aromatic carbocycles. The quantitative estimate of drug-likeness (QED) is 0.399. The van der Waals surface area contributed by atoms with Crippen molar-refractivity contribution in [2.75, 3.05) is 7.11 Å². The molecule has 0 N–H and O–H groups in total. The summed E-state index contributed by atoms with van der Waals surface area (Å²) in [5.74, 6) is -1.38. The van der Waals surface area contributed by atoms with Crippen LogP contribution in [-0.4, -0.2) is 37.3 Å². The van der Waals surface area contributed by atoms with E-state index in [9.17, 15) is 19.2 Å². The lowest BCUT2D eigenvalue weighted by molar-refractivity contribution is 0.0591. The molecule has 0 fully saturated rings. The Balaban J connectivity index is 1.92. The van der Waals surface area contributed by atoms with Crippen molar-refractivity contribution in [2.24, 2.45) is 7.05 Å². The van der Waals surface area contributed by atoms with Gasteiger partial charge in [0.15, 0.2) is 0 Å². The summed E-state index contributed by atoms with van der Waals surface area (Å²) in [5, 5.41) is 0. The van der Waals surface area contributed by atoms with Gasteiger partial charge in [0.05, 0.1) is 18.3 Å². The van der Waals surface area contributed by atoms with Crippen LogP contribution in [0.2, 0.25) is 0 Å². The Morgan fingerprint density at radius 1 is 0.879 bits per heavy atom. The van der Waals surface area contributed by atoms with Gasteiger partial charge in [0, 0.05) is 24.7 Å². The number of aromatic nitrogens is 4. The number of carbonyl (C=O) groups is 2. The van der Waals surface area contributed by atoms with Crippen molar-refractivity contribution in [1.29, 1.82) is 0 Å². The van der Waals surface area contributed by atoms with Crippen molar-refractivity contribution < 1.29 is 14.3 Å². The van der Waals surface area contributed by atoms with Crippen LogP contribution >= 0.6 is 0 Å². The summed E-state index contributed by atoms with van der Waals surface area (Å²) in [6, 6.07) is 19.9. The Bertz CT molecular complexity index is 1670. The molecule has 3 aromatic heterocycles. The van der Waals surface area contributed by atoms with Crippen molar-refractivity contribution in [3.63, 3.8) is 0 Å². The van der Waals surface area contributed by atoms with E-state index in [-0.39, 0.29) is 16.9 Å². The number of nitrogens with zero attached hydrogens (tertiary/aromatic N) is 4. The zero-order chi connectivity index (χ0) is 23.3. The summed E-state index contributed by atoms with van der Waals surface area (Å²) < 4.78 is 10.2. The minimum Gasteiger partial charge on any atom is -0.464 e. The predicted octanol–water partition coefficient (Wildman–Crippen LogP) is 2.22. The smallest absolute Gasteiger partial charge is 0.355 e. The van der Waals surface area contributed by atoms with Gasteiger partial charge < -0.3 is 4.74 Å². The molecule has 0 unspecified atom stereocenters. The van der Waals surface area contributed by atoms with E-state index in [0.717, 1.165) is 10.6 Å². The molecule has 0 bridgehead atoms. The number of methoxy groups -OCH3 is 1. The van der Waals surface area contributed by atoms with Crippen molar-refractivity contribution in [3.8, 4) is 5.69 Å². The lowest BCUT2D eigenvalue weighted by atomic mass is 10.2. The highest BCUT2D eigenvalue weighted by atomic mass is 16.5. The molecule has 9 heteroatoms. The maximum absolute atomic E-state index is 13.5. The van der Waals surface area contributed by atoms with Gasteiger partial charge in [0.1, 0.15) is 16.9 Å². The molecule has 0 saturated carbocycles. The van der Waals surface area contributed by atoms with E-state index in [0.29, 0.717) is 16.8 Å². The first-order valence-electron chi connectivity index (χ1n) is 10.1. The second kappa shape index (κ2) is 7.49. The van der Waals surface area contributed by atoms with Gasteiger partial charge in [0.2, 0.25) is 0 Å². The molecule has 0 saturated heterocycles. The summed E-state index contributed by atoms with van der Waals surface area (Å²) in [6.45, 7) is 0. The Morgan fingerprint density at radius 2 is 1.52 bits per heavy atom. The highest BCUT2D eigenvalue weighted by molar-refractivity contribution is 6.01. The SMILES string of the molecule is COC(=O)c1cc(=O)n(C(=O)c2ccccc2)c2cc3c(c(=O)n(-c4ccccc4)n3C)n12. The number of esters is 1. The van der Waals surface area contributed by atoms with E-state index in [1.807, 2.05) is 6.07 Å². The molecule has 0 spiro atoms. The Labute approximate surface area is 186 Å². The average Bonchev–Trinajstić information content (AvgIpc) is 3.34. The van der Waals surface area contributed by atoms with Crippen LogP contribution in [0.5, 0.6) is 0 Å². The number of rotatable bonds is 3. The van der Waals surface area contributed by atoms with Crippen LogP contribution < -0.4 is 11.1 Å². The van der Waals surface area contributed by atoms with Crippen LogP contribution in [0, 0.1) is 0 Å². The van der Waals surface area contributed by atoms with E-state index in [1.54, 1.807) is 72.4 Å². The molecule has 33 heavy (non-hydrogen) atoms. The van der Waals surface area contributed by atoms with Gasteiger partial charge in [-0.15, -0.1) is 0 Å². The molecule has 3 heterocycles. The molecule has 0 radical (unpaired) electrons. The third-order valence-corrected chi connectivity index (χ3v) is 5.57. The van der Waals surface area contributed by atoms with Crippen LogP contribution in [0.1, 0.15) is 20.8 Å². The second-order valence-corrected chi connectivity index (χ2v) is 7.41.